The van der Waals surface area contributed by atoms with Crippen molar-refractivity contribution in [1.82, 2.24) is 9.13 Å². The minimum atomic E-state index is 0. The van der Waals surface area contributed by atoms with E-state index in [4.69, 9.17) is 21.0 Å². The van der Waals surface area contributed by atoms with Crippen LogP contribution in [0.4, 0.5) is 0 Å². The van der Waals surface area contributed by atoms with Gasteiger partial charge in [0.2, 0.25) is 0 Å². The van der Waals surface area contributed by atoms with Gasteiger partial charge >= 0.3 is 0 Å². The van der Waals surface area contributed by atoms with Crippen LogP contribution < -0.4 is 26.1 Å². The molecule has 2 rings (SSSR count). The van der Waals surface area contributed by atoms with Gasteiger partial charge in [-0.05, 0) is 38.5 Å². The number of hydrogen-bond donors (Lipinski definition) is 0. The van der Waals surface area contributed by atoms with Crippen molar-refractivity contribution in [3.63, 3.8) is 0 Å². The van der Waals surface area contributed by atoms with E-state index in [1.54, 1.807) is 0 Å². The first-order chi connectivity index (χ1) is 22.6. The van der Waals surface area contributed by atoms with Crippen molar-refractivity contribution in [3.05, 3.63) is 36.4 Å². The van der Waals surface area contributed by atoms with E-state index in [0.717, 1.165) is 51.9 Å². The molecule has 0 aliphatic carbocycles. The Morgan fingerprint density at radius 1 is 0.468 bits per heavy atom. The molecule has 0 aliphatic rings. The quantitative estimate of drug-likeness (QED) is 0.0886. The summed E-state index contributed by atoms with van der Waals surface area (Å²) in [6.07, 6.45) is 33.9. The molecule has 0 saturated carbocycles. The highest BCUT2D eigenvalue weighted by Gasteiger charge is 2.12. The van der Waals surface area contributed by atoms with E-state index < -0.39 is 0 Å². The van der Waals surface area contributed by atoms with Gasteiger partial charge in [-0.15, -0.1) is 0 Å². The molecule has 2 heterocycles. The highest BCUT2D eigenvalue weighted by molar-refractivity contribution is 4.81. The molecule has 9 heteroatoms. The van der Waals surface area contributed by atoms with Gasteiger partial charge in [0, 0.05) is 26.7 Å². The van der Waals surface area contributed by atoms with Gasteiger partial charge < -0.3 is 18.4 Å². The lowest BCUT2D eigenvalue weighted by atomic mass is 10.1. The third-order valence-corrected chi connectivity index (χ3v) is 8.82. The van der Waals surface area contributed by atoms with Crippen LogP contribution in [0.15, 0.2) is 24.8 Å². The van der Waals surface area contributed by atoms with Crippen molar-refractivity contribution >= 4 is 0 Å². The number of rotatable bonds is 26. The van der Waals surface area contributed by atoms with E-state index in [2.05, 4.69) is 81.2 Å². The molecule has 0 amide bonds. The zero-order valence-corrected chi connectivity index (χ0v) is 31.2. The molecule has 0 radical (unpaired) electrons. The summed E-state index contributed by atoms with van der Waals surface area (Å²) in [4.78, 5) is 0. The highest BCUT2D eigenvalue weighted by atomic mass is 79.9. The lowest BCUT2D eigenvalue weighted by Gasteiger charge is -2.02. The molecule has 0 aromatic carbocycles. The number of nitriles is 4. The molecule has 0 spiro atoms. The number of hydrogen-bond acceptors (Lipinski definition) is 4. The Morgan fingerprint density at radius 3 is 1.04 bits per heavy atom. The number of nitrogens with zero attached hydrogens (tertiary/aromatic N) is 8. The van der Waals surface area contributed by atoms with E-state index in [-0.39, 0.29) is 18.4 Å². The average Bonchev–Trinajstić information content (AvgIpc) is 3.60. The number of imidazole rings is 2. The Hall–Kier alpha value is -3.14. The predicted molar refractivity (Wildman–Crippen MR) is 184 cm³/mol. The monoisotopic (exact) mass is 710 g/mol. The van der Waals surface area contributed by atoms with E-state index in [0.29, 0.717) is 12.8 Å². The van der Waals surface area contributed by atoms with Crippen LogP contribution in [-0.4, -0.2) is 9.13 Å². The summed E-state index contributed by atoms with van der Waals surface area (Å²) in [5.74, 6) is 2.50. The molecule has 0 saturated heterocycles. The largest absolute Gasteiger partial charge is 1.00 e. The fourth-order valence-electron chi connectivity index (χ4n) is 5.82. The third kappa shape index (κ3) is 22.1. The summed E-state index contributed by atoms with van der Waals surface area (Å²) in [5, 5.41) is 34.2. The second kappa shape index (κ2) is 31.5. The predicted octanol–water partition coefficient (Wildman–Crippen LogP) is 5.96. The van der Waals surface area contributed by atoms with Gasteiger partial charge in [-0.2, -0.15) is 21.0 Å². The summed E-state index contributed by atoms with van der Waals surface area (Å²) < 4.78 is 8.92. The maximum atomic E-state index is 8.66. The number of aromatic nitrogens is 4. The van der Waals surface area contributed by atoms with E-state index in [9.17, 15) is 0 Å². The van der Waals surface area contributed by atoms with Crippen LogP contribution >= 0.6 is 0 Å². The number of halogens is 1. The molecule has 0 fully saturated rings. The van der Waals surface area contributed by atoms with Gasteiger partial charge in [-0.3, -0.25) is 0 Å². The normalized spacial score (nSPS) is 10.2. The van der Waals surface area contributed by atoms with Crippen LogP contribution in [-0.2, 0) is 26.2 Å². The topological polar surface area (TPSA) is 113 Å². The first kappa shape index (κ1) is 43.9. The van der Waals surface area contributed by atoms with Crippen molar-refractivity contribution in [2.75, 3.05) is 0 Å². The Morgan fingerprint density at radius 2 is 0.745 bits per heavy atom. The maximum absolute atomic E-state index is 8.66. The van der Waals surface area contributed by atoms with Crippen molar-refractivity contribution in [2.45, 2.75) is 181 Å². The second-order valence-corrected chi connectivity index (χ2v) is 12.5. The zero-order valence-electron chi connectivity index (χ0n) is 30.6. The van der Waals surface area contributed by atoms with Crippen molar-refractivity contribution in [2.24, 2.45) is 0 Å². The van der Waals surface area contributed by atoms with Crippen LogP contribution in [0, 0.1) is 59.2 Å². The zero-order chi connectivity index (χ0) is 33.5. The molecular weight excluding hydrogens is 648 g/mol. The Kier molecular flexibility index (Phi) is 29.4. The smallest absolute Gasteiger partial charge is 0.253 e. The molecule has 8 nitrogen and oxygen atoms in total. The second-order valence-electron chi connectivity index (χ2n) is 12.5. The van der Waals surface area contributed by atoms with Crippen molar-refractivity contribution in [3.8, 4) is 24.3 Å². The summed E-state index contributed by atoms with van der Waals surface area (Å²) in [6, 6.07) is 8.81. The molecule has 262 valence electrons. The van der Waals surface area contributed by atoms with E-state index in [1.807, 2.05) is 0 Å². The van der Waals surface area contributed by atoms with Crippen molar-refractivity contribution in [1.29, 1.82) is 21.0 Å². The molecular formula is C38H63BrN8. The Labute approximate surface area is 298 Å². The lowest BCUT2D eigenvalue weighted by molar-refractivity contribution is -0.701. The fraction of sp³-hybridized carbons (Fsp3) is 0.737. The molecule has 0 N–H and O–H groups in total. The molecule has 0 unspecified atom stereocenters. The van der Waals surface area contributed by atoms with Gasteiger partial charge in [-0.1, -0.05) is 77.0 Å². The molecule has 2 aromatic heterocycles. The molecule has 0 aliphatic heterocycles. The third-order valence-electron chi connectivity index (χ3n) is 8.82. The summed E-state index contributed by atoms with van der Waals surface area (Å²) in [7, 11) is 0. The minimum absolute atomic E-state index is 0. The van der Waals surface area contributed by atoms with Gasteiger partial charge in [0.1, 0.15) is 37.9 Å². The SMILES string of the molecule is Cc1n(CCCCCCCCCCCC#N)cc[n+]1CCC#N.Cc1n(CCCCCCCCCCCC#N)cc[n+]1CCC#N.[Br-].[H-]. The van der Waals surface area contributed by atoms with Crippen LogP contribution in [0.5, 0.6) is 0 Å². The molecule has 47 heavy (non-hydrogen) atoms. The van der Waals surface area contributed by atoms with E-state index >= 15 is 0 Å². The molecule has 0 atom stereocenters. The molecule has 2 aromatic rings. The Balaban J connectivity index is 0. The van der Waals surface area contributed by atoms with Gasteiger partial charge in [0.05, 0.1) is 50.2 Å². The minimum Gasteiger partial charge on any atom is -1.00 e. The summed E-state index contributed by atoms with van der Waals surface area (Å²) in [5.41, 5.74) is 0. The molecule has 0 bridgehead atoms. The standard InChI is InChI=1S/2C19H31N4.BrH.H/c2*1-19-22(17-18-23(19)16-12-14-21)15-11-9-7-5-3-2-4-6-8-10-13-20;;/h2*17-18H,2-12,15-16H2,1H3;1H;/q2*+1;;-1/p-1. The average molecular weight is 712 g/mol. The van der Waals surface area contributed by atoms with Crippen LogP contribution in [0.3, 0.4) is 0 Å². The van der Waals surface area contributed by atoms with E-state index in [1.165, 1.54) is 114 Å². The number of unbranched alkanes of at least 4 members (excludes halogenated alkanes) is 18. The summed E-state index contributed by atoms with van der Waals surface area (Å²) in [6.45, 7) is 8.01. The van der Waals surface area contributed by atoms with Crippen LogP contribution in [0.25, 0.3) is 0 Å². The van der Waals surface area contributed by atoms with Crippen molar-refractivity contribution < 1.29 is 27.5 Å². The lowest BCUT2D eigenvalue weighted by Crippen LogP contribution is -3.00. The highest BCUT2D eigenvalue weighted by Crippen LogP contribution is 2.12. The maximum Gasteiger partial charge on any atom is 0.253 e. The fourth-order valence-corrected chi connectivity index (χ4v) is 5.82. The first-order valence-electron chi connectivity index (χ1n) is 18.2. The van der Waals surface area contributed by atoms with Crippen LogP contribution in [0.2, 0.25) is 0 Å². The van der Waals surface area contributed by atoms with Gasteiger partial charge in [-0.25, -0.2) is 18.3 Å². The van der Waals surface area contributed by atoms with Gasteiger partial charge in [0.25, 0.3) is 11.6 Å². The number of aryl methyl sites for hydroxylation is 4. The Bertz CT molecular complexity index is 1120. The summed E-state index contributed by atoms with van der Waals surface area (Å²) >= 11 is 0. The van der Waals surface area contributed by atoms with Crippen LogP contribution in [0.1, 0.15) is 154 Å². The first-order valence-corrected chi connectivity index (χ1v) is 18.2. The van der Waals surface area contributed by atoms with Gasteiger partial charge in [0.15, 0.2) is 0 Å².